The Labute approximate surface area is 155 Å². The molecule has 4 nitrogen and oxygen atoms in total. The van der Waals surface area contributed by atoms with Crippen molar-refractivity contribution in [2.45, 2.75) is 18.9 Å². The molecule has 0 fully saturated rings. The van der Waals surface area contributed by atoms with Gasteiger partial charge in [-0.1, -0.05) is 41.4 Å². The second-order valence-corrected chi connectivity index (χ2v) is 7.01. The van der Waals surface area contributed by atoms with Gasteiger partial charge in [0.2, 0.25) is 0 Å². The van der Waals surface area contributed by atoms with Gasteiger partial charge in [-0.3, -0.25) is 4.79 Å². The molecule has 0 aliphatic heterocycles. The van der Waals surface area contributed by atoms with Gasteiger partial charge >= 0.3 is 0 Å². The number of benzene rings is 2. The number of hydrogen-bond donors (Lipinski definition) is 2. The first-order chi connectivity index (χ1) is 12.1. The minimum absolute atomic E-state index is 0.0769. The van der Waals surface area contributed by atoms with Crippen molar-refractivity contribution < 1.29 is 9.53 Å². The number of amides is 1. The first-order valence-corrected chi connectivity index (χ1v) is 8.81. The maximum atomic E-state index is 12.2. The summed E-state index contributed by atoms with van der Waals surface area (Å²) in [6.45, 7) is -0.0769. The zero-order valence-corrected chi connectivity index (χ0v) is 14.8. The highest BCUT2D eigenvalue weighted by atomic mass is 35.5. The fraction of sp³-hybridized carbons (Fsp3) is 0.211. The molecule has 0 saturated heterocycles. The Hall–Kier alpha value is -2.17. The van der Waals surface area contributed by atoms with Gasteiger partial charge in [0.15, 0.2) is 6.61 Å². The summed E-state index contributed by atoms with van der Waals surface area (Å²) in [5, 5.41) is 5.18. The van der Waals surface area contributed by atoms with Crippen LogP contribution < -0.4 is 10.1 Å². The largest absolute Gasteiger partial charge is 0.482 e. The number of aromatic nitrogens is 1. The number of carbonyl (C=O) groups is 1. The number of H-pyrrole nitrogens is 1. The first kappa shape index (κ1) is 16.3. The number of hydrogen-bond acceptors (Lipinski definition) is 2. The van der Waals surface area contributed by atoms with E-state index in [-0.39, 0.29) is 18.6 Å². The SMILES string of the molecule is O=C(COc1ccc(Cl)cc1Cl)NC1Cc2[nH]c3ccccc3c2C1. The lowest BCUT2D eigenvalue weighted by molar-refractivity contribution is -0.123. The van der Waals surface area contributed by atoms with Gasteiger partial charge in [0.25, 0.3) is 5.91 Å². The molecule has 0 spiro atoms. The van der Waals surface area contributed by atoms with Gasteiger partial charge in [-0.2, -0.15) is 0 Å². The molecule has 1 heterocycles. The maximum absolute atomic E-state index is 12.2. The molecule has 4 rings (SSSR count). The monoisotopic (exact) mass is 374 g/mol. The van der Waals surface area contributed by atoms with Crippen LogP contribution in [-0.4, -0.2) is 23.5 Å². The van der Waals surface area contributed by atoms with Crippen LogP contribution in [0.15, 0.2) is 42.5 Å². The van der Waals surface area contributed by atoms with E-state index >= 15 is 0 Å². The van der Waals surface area contributed by atoms with Gasteiger partial charge in [-0.15, -0.1) is 0 Å². The standard InChI is InChI=1S/C19H16Cl2N2O2/c20-11-5-6-18(15(21)7-11)25-10-19(24)22-12-8-14-13-3-1-2-4-16(13)23-17(14)9-12/h1-7,12,23H,8-10H2,(H,22,24). The predicted octanol–water partition coefficient (Wildman–Crippen LogP) is 4.14. The van der Waals surface area contributed by atoms with Crippen LogP contribution in [0.4, 0.5) is 0 Å². The average Bonchev–Trinajstić information content (AvgIpc) is 3.11. The second kappa shape index (κ2) is 6.62. The molecule has 3 aromatic rings. The van der Waals surface area contributed by atoms with Crippen molar-refractivity contribution >= 4 is 40.0 Å². The van der Waals surface area contributed by atoms with E-state index in [9.17, 15) is 4.79 Å². The third-order valence-electron chi connectivity index (χ3n) is 4.42. The van der Waals surface area contributed by atoms with E-state index in [2.05, 4.69) is 22.4 Å². The number of rotatable bonds is 4. The number of ether oxygens (including phenoxy) is 1. The summed E-state index contributed by atoms with van der Waals surface area (Å²) in [4.78, 5) is 15.6. The van der Waals surface area contributed by atoms with Crippen molar-refractivity contribution in [2.24, 2.45) is 0 Å². The molecule has 1 unspecified atom stereocenters. The Bertz CT molecular complexity index is 952. The summed E-state index contributed by atoms with van der Waals surface area (Å²) in [7, 11) is 0. The van der Waals surface area contributed by atoms with Crippen molar-refractivity contribution in [3.05, 3.63) is 63.8 Å². The van der Waals surface area contributed by atoms with Crippen LogP contribution in [0.1, 0.15) is 11.3 Å². The Kier molecular flexibility index (Phi) is 4.32. The van der Waals surface area contributed by atoms with E-state index < -0.39 is 0 Å². The Morgan fingerprint density at radius 1 is 1.20 bits per heavy atom. The quantitative estimate of drug-likeness (QED) is 0.720. The van der Waals surface area contributed by atoms with Crippen LogP contribution in [0.2, 0.25) is 10.0 Å². The predicted molar refractivity (Wildman–Crippen MR) is 99.6 cm³/mol. The van der Waals surface area contributed by atoms with Crippen LogP contribution in [0.5, 0.6) is 5.75 Å². The molecule has 1 amide bonds. The van der Waals surface area contributed by atoms with Gasteiger partial charge in [0, 0.05) is 34.1 Å². The van der Waals surface area contributed by atoms with Crippen molar-refractivity contribution in [1.29, 1.82) is 0 Å². The molecule has 1 aromatic heterocycles. The topological polar surface area (TPSA) is 54.1 Å². The summed E-state index contributed by atoms with van der Waals surface area (Å²) in [5.74, 6) is 0.286. The molecule has 128 valence electrons. The first-order valence-electron chi connectivity index (χ1n) is 8.06. The zero-order valence-electron chi connectivity index (χ0n) is 13.3. The van der Waals surface area contributed by atoms with Gasteiger partial charge in [-0.05, 0) is 36.2 Å². The lowest BCUT2D eigenvalue weighted by atomic mass is 10.1. The molecule has 1 aliphatic rings. The van der Waals surface area contributed by atoms with Gasteiger partial charge in [0.1, 0.15) is 5.75 Å². The molecule has 1 atom stereocenters. The third kappa shape index (κ3) is 3.32. The van der Waals surface area contributed by atoms with Crippen LogP contribution in [-0.2, 0) is 17.6 Å². The summed E-state index contributed by atoms with van der Waals surface area (Å²) in [5.41, 5.74) is 3.65. The Morgan fingerprint density at radius 2 is 2.04 bits per heavy atom. The molecule has 0 bridgehead atoms. The fourth-order valence-electron chi connectivity index (χ4n) is 3.34. The number of aromatic amines is 1. The van der Waals surface area contributed by atoms with Crippen LogP contribution >= 0.6 is 23.2 Å². The molecule has 6 heteroatoms. The van der Waals surface area contributed by atoms with Crippen LogP contribution in [0.25, 0.3) is 10.9 Å². The van der Waals surface area contributed by atoms with Crippen molar-refractivity contribution in [3.8, 4) is 5.75 Å². The minimum Gasteiger partial charge on any atom is -0.482 e. The van der Waals surface area contributed by atoms with E-state index in [1.54, 1.807) is 18.2 Å². The molecule has 2 aromatic carbocycles. The molecular weight excluding hydrogens is 359 g/mol. The number of fused-ring (bicyclic) bond motifs is 3. The number of nitrogens with one attached hydrogen (secondary N) is 2. The molecule has 0 saturated carbocycles. The summed E-state index contributed by atoms with van der Waals surface area (Å²) in [6.07, 6.45) is 1.63. The van der Waals surface area contributed by atoms with E-state index in [1.165, 1.54) is 16.6 Å². The molecule has 1 aliphatic carbocycles. The van der Waals surface area contributed by atoms with Crippen LogP contribution in [0.3, 0.4) is 0 Å². The normalized spacial score (nSPS) is 16.0. The summed E-state index contributed by atoms with van der Waals surface area (Å²) >= 11 is 11.9. The number of para-hydroxylation sites is 1. The second-order valence-electron chi connectivity index (χ2n) is 6.16. The highest BCUT2D eigenvalue weighted by Crippen LogP contribution is 2.30. The highest BCUT2D eigenvalue weighted by Gasteiger charge is 2.26. The Balaban J connectivity index is 1.35. The highest BCUT2D eigenvalue weighted by molar-refractivity contribution is 6.35. The summed E-state index contributed by atoms with van der Waals surface area (Å²) in [6, 6.07) is 13.2. The lowest BCUT2D eigenvalue weighted by Gasteiger charge is -2.13. The van der Waals surface area contributed by atoms with Crippen molar-refractivity contribution in [1.82, 2.24) is 10.3 Å². The number of halogens is 2. The van der Waals surface area contributed by atoms with E-state index in [0.717, 1.165) is 18.4 Å². The average molecular weight is 375 g/mol. The maximum Gasteiger partial charge on any atom is 0.258 e. The third-order valence-corrected chi connectivity index (χ3v) is 4.95. The molecule has 2 N–H and O–H groups in total. The molecule has 0 radical (unpaired) electrons. The Morgan fingerprint density at radius 3 is 2.88 bits per heavy atom. The fourth-order valence-corrected chi connectivity index (χ4v) is 3.80. The summed E-state index contributed by atoms with van der Waals surface area (Å²) < 4.78 is 5.48. The van der Waals surface area contributed by atoms with Crippen molar-refractivity contribution in [2.75, 3.05) is 6.61 Å². The van der Waals surface area contributed by atoms with Gasteiger partial charge in [-0.25, -0.2) is 0 Å². The van der Waals surface area contributed by atoms with Gasteiger partial charge < -0.3 is 15.0 Å². The lowest BCUT2D eigenvalue weighted by Crippen LogP contribution is -2.38. The number of carbonyl (C=O) groups excluding carboxylic acids is 1. The smallest absolute Gasteiger partial charge is 0.258 e. The molecule has 25 heavy (non-hydrogen) atoms. The minimum atomic E-state index is -0.162. The van der Waals surface area contributed by atoms with E-state index in [4.69, 9.17) is 27.9 Å². The molecular formula is C19H16Cl2N2O2. The van der Waals surface area contributed by atoms with Gasteiger partial charge in [0.05, 0.1) is 5.02 Å². The van der Waals surface area contributed by atoms with Crippen molar-refractivity contribution in [3.63, 3.8) is 0 Å². The van der Waals surface area contributed by atoms with Crippen LogP contribution in [0, 0.1) is 0 Å². The zero-order chi connectivity index (χ0) is 17.4. The van der Waals surface area contributed by atoms with E-state index in [0.29, 0.717) is 15.8 Å². The van der Waals surface area contributed by atoms with E-state index in [1.807, 2.05) is 12.1 Å².